The summed E-state index contributed by atoms with van der Waals surface area (Å²) in [6, 6.07) is 7.27. The van der Waals surface area contributed by atoms with Gasteiger partial charge in [-0.3, -0.25) is 19.6 Å². The number of amides is 3. The highest BCUT2D eigenvalue weighted by atomic mass is 16.5. The van der Waals surface area contributed by atoms with Crippen molar-refractivity contribution >= 4 is 18.0 Å². The number of methoxy groups -OCH3 is 1. The lowest BCUT2D eigenvalue weighted by Gasteiger charge is -2.42. The number of carbonyl (C=O) groups is 2. The molecule has 0 radical (unpaired) electrons. The summed E-state index contributed by atoms with van der Waals surface area (Å²) in [5.41, 5.74) is 1.24. The normalized spacial score (nSPS) is 19.4. The van der Waals surface area contributed by atoms with E-state index < -0.39 is 5.54 Å². The Kier molecular flexibility index (Phi) is 6.72. The summed E-state index contributed by atoms with van der Waals surface area (Å²) >= 11 is 0. The van der Waals surface area contributed by atoms with Crippen LogP contribution >= 0.6 is 0 Å². The van der Waals surface area contributed by atoms with E-state index in [0.29, 0.717) is 26.0 Å². The monoisotopic (exact) mass is 438 g/mol. The second-order valence-electron chi connectivity index (χ2n) is 8.49. The third-order valence-electron chi connectivity index (χ3n) is 6.29. The Balaban J connectivity index is 1.47. The highest BCUT2D eigenvalue weighted by Crippen LogP contribution is 2.38. The fourth-order valence-electron chi connectivity index (χ4n) is 4.67. The molecular formula is C24H30N4O4. The smallest absolute Gasteiger partial charge is 0.328 e. The van der Waals surface area contributed by atoms with E-state index in [1.807, 2.05) is 30.3 Å². The molecule has 2 aromatic rings. The van der Waals surface area contributed by atoms with E-state index in [1.54, 1.807) is 30.7 Å². The predicted octanol–water partition coefficient (Wildman–Crippen LogP) is 3.02. The predicted molar refractivity (Wildman–Crippen MR) is 120 cm³/mol. The second-order valence-corrected chi connectivity index (χ2v) is 8.49. The van der Waals surface area contributed by atoms with Crippen LogP contribution in [0.4, 0.5) is 4.79 Å². The molecule has 2 aliphatic rings. The van der Waals surface area contributed by atoms with Crippen LogP contribution in [0.3, 0.4) is 0 Å². The summed E-state index contributed by atoms with van der Waals surface area (Å²) in [6.07, 6.45) is 8.30. The Morgan fingerprint density at radius 3 is 2.72 bits per heavy atom. The molecule has 0 atom stereocenters. The SMILES string of the molecule is COCCN1C(=O)N(Cc2cccnc2)C(=O)C12CCN(C/C(C)=C/c1ccco1)CC2. The molecule has 8 heteroatoms. The number of hydrogen-bond acceptors (Lipinski definition) is 6. The number of aromatic nitrogens is 1. The molecular weight excluding hydrogens is 408 g/mol. The molecule has 8 nitrogen and oxygen atoms in total. The maximum absolute atomic E-state index is 13.6. The van der Waals surface area contributed by atoms with Gasteiger partial charge < -0.3 is 14.1 Å². The zero-order valence-corrected chi connectivity index (χ0v) is 18.7. The number of urea groups is 1. The number of rotatable bonds is 8. The van der Waals surface area contributed by atoms with Gasteiger partial charge in [-0.25, -0.2) is 4.79 Å². The third kappa shape index (κ3) is 4.47. The number of nitrogens with zero attached hydrogens (tertiary/aromatic N) is 4. The molecule has 3 amide bonds. The number of furan rings is 1. The molecule has 2 saturated heterocycles. The minimum Gasteiger partial charge on any atom is -0.465 e. The molecule has 4 heterocycles. The number of ether oxygens (including phenoxy) is 1. The largest absolute Gasteiger partial charge is 0.465 e. The molecule has 2 aromatic heterocycles. The van der Waals surface area contributed by atoms with E-state index in [-0.39, 0.29) is 18.5 Å². The molecule has 2 aliphatic heterocycles. The quantitative estimate of drug-likeness (QED) is 0.590. The van der Waals surface area contributed by atoms with Gasteiger partial charge in [0, 0.05) is 45.7 Å². The molecule has 0 aliphatic carbocycles. The van der Waals surface area contributed by atoms with Crippen molar-refractivity contribution < 1.29 is 18.7 Å². The van der Waals surface area contributed by atoms with Crippen molar-refractivity contribution in [1.29, 1.82) is 0 Å². The van der Waals surface area contributed by atoms with E-state index in [4.69, 9.17) is 9.15 Å². The number of likely N-dealkylation sites (tertiary alicyclic amines) is 1. The van der Waals surface area contributed by atoms with Crippen LogP contribution in [0.2, 0.25) is 0 Å². The molecule has 2 fully saturated rings. The molecule has 4 rings (SSSR count). The molecule has 0 bridgehead atoms. The lowest BCUT2D eigenvalue weighted by Crippen LogP contribution is -2.57. The van der Waals surface area contributed by atoms with E-state index in [0.717, 1.165) is 31.0 Å². The van der Waals surface area contributed by atoms with Crippen LogP contribution < -0.4 is 0 Å². The minimum atomic E-state index is -0.799. The van der Waals surface area contributed by atoms with Gasteiger partial charge in [0.1, 0.15) is 11.3 Å². The van der Waals surface area contributed by atoms with Gasteiger partial charge in [-0.05, 0) is 49.6 Å². The Morgan fingerprint density at radius 1 is 1.25 bits per heavy atom. The molecule has 0 saturated carbocycles. The lowest BCUT2D eigenvalue weighted by molar-refractivity contribution is -0.136. The topological polar surface area (TPSA) is 79.1 Å². The van der Waals surface area contributed by atoms with E-state index in [1.165, 1.54) is 10.5 Å². The van der Waals surface area contributed by atoms with Gasteiger partial charge in [-0.15, -0.1) is 0 Å². The fraction of sp³-hybridized carbons (Fsp3) is 0.458. The molecule has 0 unspecified atom stereocenters. The van der Waals surface area contributed by atoms with Crippen molar-refractivity contribution in [2.24, 2.45) is 0 Å². The maximum atomic E-state index is 13.6. The number of hydrogen-bond donors (Lipinski definition) is 0. The van der Waals surface area contributed by atoms with Crippen LogP contribution in [-0.4, -0.2) is 77.1 Å². The first-order chi connectivity index (χ1) is 15.5. The lowest BCUT2D eigenvalue weighted by atomic mass is 9.85. The van der Waals surface area contributed by atoms with Crippen LogP contribution in [0.15, 0.2) is 52.9 Å². The molecule has 32 heavy (non-hydrogen) atoms. The van der Waals surface area contributed by atoms with Crippen molar-refractivity contribution in [2.45, 2.75) is 31.8 Å². The first-order valence-electron chi connectivity index (χ1n) is 11.0. The van der Waals surface area contributed by atoms with Crippen molar-refractivity contribution in [1.82, 2.24) is 19.7 Å². The summed E-state index contributed by atoms with van der Waals surface area (Å²) < 4.78 is 10.6. The first-order valence-corrected chi connectivity index (χ1v) is 11.0. The molecule has 0 aromatic carbocycles. The molecule has 170 valence electrons. The van der Waals surface area contributed by atoms with Gasteiger partial charge in [0.15, 0.2) is 0 Å². The van der Waals surface area contributed by atoms with Crippen molar-refractivity contribution in [3.63, 3.8) is 0 Å². The average Bonchev–Trinajstić information content (AvgIpc) is 3.37. The van der Waals surface area contributed by atoms with Crippen LogP contribution in [0.5, 0.6) is 0 Å². The van der Waals surface area contributed by atoms with Gasteiger partial charge >= 0.3 is 6.03 Å². The minimum absolute atomic E-state index is 0.107. The van der Waals surface area contributed by atoms with Gasteiger partial charge in [-0.2, -0.15) is 0 Å². The van der Waals surface area contributed by atoms with Crippen LogP contribution in [0.25, 0.3) is 6.08 Å². The van der Waals surface area contributed by atoms with Crippen LogP contribution in [-0.2, 0) is 16.1 Å². The second kappa shape index (κ2) is 9.67. The summed E-state index contributed by atoms with van der Waals surface area (Å²) in [7, 11) is 1.61. The van der Waals surface area contributed by atoms with Crippen molar-refractivity contribution in [3.05, 3.63) is 59.8 Å². The third-order valence-corrected chi connectivity index (χ3v) is 6.29. The van der Waals surface area contributed by atoms with E-state index in [9.17, 15) is 9.59 Å². The van der Waals surface area contributed by atoms with Crippen LogP contribution in [0.1, 0.15) is 31.1 Å². The first kappa shape index (κ1) is 22.2. The van der Waals surface area contributed by atoms with E-state index >= 15 is 0 Å². The number of piperidine rings is 1. The standard InChI is InChI=1S/C24H30N4O4/c1-19(15-21-6-4-13-32-21)17-26-10-7-24(8-11-26)22(29)27(18-20-5-3-9-25-16-20)23(30)28(24)12-14-31-2/h3-6,9,13,15-16H,7-8,10-12,14,17-18H2,1-2H3/b19-15+. The summed E-state index contributed by atoms with van der Waals surface area (Å²) in [4.78, 5) is 36.4. The zero-order valence-electron chi connectivity index (χ0n) is 18.7. The van der Waals surface area contributed by atoms with Gasteiger partial charge in [0.05, 0.1) is 19.4 Å². The average molecular weight is 439 g/mol. The summed E-state index contributed by atoms with van der Waals surface area (Å²) in [6.45, 7) is 5.41. The highest BCUT2D eigenvalue weighted by Gasteiger charge is 2.57. The fourth-order valence-corrected chi connectivity index (χ4v) is 4.67. The molecule has 0 N–H and O–H groups in total. The highest BCUT2D eigenvalue weighted by molar-refractivity contribution is 6.07. The van der Waals surface area contributed by atoms with Crippen molar-refractivity contribution in [2.75, 3.05) is 39.9 Å². The Hall–Kier alpha value is -2.97. The zero-order chi connectivity index (χ0) is 22.6. The molecule has 1 spiro atoms. The van der Waals surface area contributed by atoms with Crippen LogP contribution in [0, 0.1) is 0 Å². The number of pyridine rings is 1. The van der Waals surface area contributed by atoms with Crippen molar-refractivity contribution in [3.8, 4) is 0 Å². The summed E-state index contributed by atoms with van der Waals surface area (Å²) in [5.74, 6) is 0.731. The Labute approximate surface area is 188 Å². The Morgan fingerprint density at radius 2 is 2.06 bits per heavy atom. The Bertz CT molecular complexity index is 950. The summed E-state index contributed by atoms with van der Waals surface area (Å²) in [5, 5.41) is 0. The number of carbonyl (C=O) groups excluding carboxylic acids is 2. The van der Waals surface area contributed by atoms with E-state index in [2.05, 4.69) is 16.8 Å². The van der Waals surface area contributed by atoms with Gasteiger partial charge in [-0.1, -0.05) is 11.6 Å². The number of imide groups is 1. The van der Waals surface area contributed by atoms with Gasteiger partial charge in [0.2, 0.25) is 0 Å². The van der Waals surface area contributed by atoms with Gasteiger partial charge in [0.25, 0.3) is 5.91 Å². The maximum Gasteiger partial charge on any atom is 0.328 e.